The molecule has 0 saturated carbocycles. The monoisotopic (exact) mass is 497 g/mol. The second kappa shape index (κ2) is 9.48. The van der Waals surface area contributed by atoms with Crippen molar-refractivity contribution < 1.29 is 18.0 Å². The van der Waals surface area contributed by atoms with Crippen LogP contribution in [0.4, 0.5) is 17.1 Å². The summed E-state index contributed by atoms with van der Waals surface area (Å²) in [5, 5.41) is 3.09. The predicted octanol–water partition coefficient (Wildman–Crippen LogP) is 4.85. The number of carbonyl (C=O) groups is 2. The topological polar surface area (TPSA) is 86.8 Å². The summed E-state index contributed by atoms with van der Waals surface area (Å²) in [6.45, 7) is 2.54. The van der Waals surface area contributed by atoms with Gasteiger partial charge in [0.25, 0.3) is 15.9 Å². The summed E-state index contributed by atoms with van der Waals surface area (Å²) in [5.41, 5.74) is 2.78. The van der Waals surface area contributed by atoms with Gasteiger partial charge >= 0.3 is 0 Å². The van der Waals surface area contributed by atoms with E-state index in [-0.39, 0.29) is 16.4 Å². The quantitative estimate of drug-likeness (QED) is 0.527. The maximum absolute atomic E-state index is 13.1. The van der Waals surface area contributed by atoms with Crippen LogP contribution in [0.3, 0.4) is 0 Å². The van der Waals surface area contributed by atoms with E-state index in [4.69, 9.17) is 11.6 Å². The Hall–Kier alpha value is -3.36. The van der Waals surface area contributed by atoms with Crippen LogP contribution >= 0.6 is 11.6 Å². The average Bonchev–Trinajstić information content (AvgIpc) is 3.24. The third-order valence-electron chi connectivity index (χ3n) is 5.72. The molecule has 176 valence electrons. The van der Waals surface area contributed by atoms with E-state index in [0.717, 1.165) is 12.0 Å². The van der Waals surface area contributed by atoms with Crippen LogP contribution in [0.1, 0.15) is 28.8 Å². The Morgan fingerprint density at radius 1 is 1.06 bits per heavy atom. The first kappa shape index (κ1) is 23.8. The maximum Gasteiger partial charge on any atom is 0.264 e. The summed E-state index contributed by atoms with van der Waals surface area (Å²) in [7, 11) is -2.39. The molecule has 0 radical (unpaired) electrons. The molecule has 1 saturated heterocycles. The Bertz CT molecular complexity index is 1360. The molecule has 0 unspecified atom stereocenters. The van der Waals surface area contributed by atoms with Gasteiger partial charge in [0.05, 0.1) is 21.3 Å². The zero-order valence-electron chi connectivity index (χ0n) is 18.8. The van der Waals surface area contributed by atoms with Crippen molar-refractivity contribution in [3.63, 3.8) is 0 Å². The van der Waals surface area contributed by atoms with Crippen molar-refractivity contribution in [3.05, 3.63) is 82.9 Å². The van der Waals surface area contributed by atoms with Gasteiger partial charge in [-0.3, -0.25) is 13.9 Å². The van der Waals surface area contributed by atoms with Crippen molar-refractivity contribution in [2.75, 3.05) is 28.1 Å². The molecule has 3 aromatic rings. The highest BCUT2D eigenvalue weighted by Gasteiger charge is 2.24. The lowest BCUT2D eigenvalue weighted by Gasteiger charge is -2.20. The van der Waals surface area contributed by atoms with E-state index in [0.29, 0.717) is 35.1 Å². The Labute approximate surface area is 204 Å². The normalized spacial score (nSPS) is 13.7. The van der Waals surface area contributed by atoms with Crippen molar-refractivity contribution in [3.8, 4) is 0 Å². The summed E-state index contributed by atoms with van der Waals surface area (Å²) < 4.78 is 27.4. The summed E-state index contributed by atoms with van der Waals surface area (Å²) in [5.74, 6) is -0.455. The van der Waals surface area contributed by atoms with Crippen molar-refractivity contribution in [1.29, 1.82) is 0 Å². The van der Waals surface area contributed by atoms with Crippen LogP contribution in [0, 0.1) is 6.92 Å². The maximum atomic E-state index is 13.1. The molecule has 1 N–H and O–H groups in total. The molecule has 1 aliphatic heterocycles. The molecule has 7 nitrogen and oxygen atoms in total. The standard InChI is InChI=1S/C25H24ClN3O4S/c1-17-8-11-20(12-9-17)28(2)34(32,33)21-6-3-5-18(15-21)25(31)27-19-10-13-23(22(26)16-19)29-14-4-7-24(29)30/h3,5-6,8-13,15-16H,4,7,14H2,1-2H3,(H,27,31). The number of amides is 2. The fourth-order valence-corrected chi connectivity index (χ4v) is 5.28. The third-order valence-corrected chi connectivity index (χ3v) is 7.81. The molecule has 0 aromatic heterocycles. The lowest BCUT2D eigenvalue weighted by atomic mass is 10.2. The number of benzene rings is 3. The van der Waals surface area contributed by atoms with Crippen LogP contribution in [0.25, 0.3) is 0 Å². The van der Waals surface area contributed by atoms with Crippen molar-refractivity contribution in [2.45, 2.75) is 24.7 Å². The lowest BCUT2D eigenvalue weighted by Crippen LogP contribution is -2.27. The number of sulfonamides is 1. The van der Waals surface area contributed by atoms with E-state index >= 15 is 0 Å². The Balaban J connectivity index is 1.53. The molecule has 1 fully saturated rings. The number of anilines is 3. The van der Waals surface area contributed by atoms with E-state index in [1.807, 2.05) is 19.1 Å². The fraction of sp³-hybridized carbons (Fsp3) is 0.200. The van der Waals surface area contributed by atoms with Crippen LogP contribution in [0.2, 0.25) is 5.02 Å². The summed E-state index contributed by atoms with van der Waals surface area (Å²) in [6, 6.07) is 17.9. The minimum absolute atomic E-state index is 0.00384. The highest BCUT2D eigenvalue weighted by Crippen LogP contribution is 2.32. The van der Waals surface area contributed by atoms with Gasteiger partial charge in [0.1, 0.15) is 0 Å². The van der Waals surface area contributed by atoms with E-state index in [9.17, 15) is 18.0 Å². The average molecular weight is 498 g/mol. The van der Waals surface area contributed by atoms with E-state index in [2.05, 4.69) is 5.32 Å². The first-order chi connectivity index (χ1) is 16.2. The molecule has 2 amide bonds. The van der Waals surface area contributed by atoms with Crippen LogP contribution in [0.5, 0.6) is 0 Å². The zero-order chi connectivity index (χ0) is 24.5. The zero-order valence-corrected chi connectivity index (χ0v) is 20.4. The number of nitrogens with zero attached hydrogens (tertiary/aromatic N) is 2. The van der Waals surface area contributed by atoms with Gasteiger partial charge in [0.15, 0.2) is 0 Å². The number of hydrogen-bond donors (Lipinski definition) is 1. The van der Waals surface area contributed by atoms with Crippen LogP contribution < -0.4 is 14.5 Å². The first-order valence-electron chi connectivity index (χ1n) is 10.7. The summed E-state index contributed by atoms with van der Waals surface area (Å²) >= 11 is 6.36. The Kier molecular flexibility index (Phi) is 6.63. The minimum atomic E-state index is -3.87. The molecule has 0 spiro atoms. The number of nitrogens with one attached hydrogen (secondary N) is 1. The van der Waals surface area contributed by atoms with Crippen LogP contribution in [0.15, 0.2) is 71.6 Å². The smallest absolute Gasteiger partial charge is 0.264 e. The first-order valence-corrected chi connectivity index (χ1v) is 12.6. The van der Waals surface area contributed by atoms with Gasteiger partial charge in [-0.2, -0.15) is 0 Å². The molecular weight excluding hydrogens is 474 g/mol. The van der Waals surface area contributed by atoms with Gasteiger partial charge in [-0.25, -0.2) is 8.42 Å². The highest BCUT2D eigenvalue weighted by molar-refractivity contribution is 7.92. The van der Waals surface area contributed by atoms with Gasteiger partial charge < -0.3 is 10.2 Å². The van der Waals surface area contributed by atoms with Gasteiger partial charge in [0, 0.05) is 31.3 Å². The molecule has 0 aliphatic carbocycles. The predicted molar refractivity (Wildman–Crippen MR) is 134 cm³/mol. The Morgan fingerprint density at radius 2 is 1.79 bits per heavy atom. The van der Waals surface area contributed by atoms with Crippen molar-refractivity contribution in [1.82, 2.24) is 0 Å². The molecule has 3 aromatic carbocycles. The second-order valence-electron chi connectivity index (χ2n) is 8.11. The van der Waals surface area contributed by atoms with Gasteiger partial charge in [-0.15, -0.1) is 0 Å². The van der Waals surface area contributed by atoms with Crippen LogP contribution in [-0.4, -0.2) is 33.8 Å². The summed E-state index contributed by atoms with van der Waals surface area (Å²) in [4.78, 5) is 26.5. The largest absolute Gasteiger partial charge is 0.322 e. The molecule has 0 bridgehead atoms. The highest BCUT2D eigenvalue weighted by atomic mass is 35.5. The van der Waals surface area contributed by atoms with Gasteiger partial charge in [0.2, 0.25) is 5.91 Å². The van der Waals surface area contributed by atoms with Crippen molar-refractivity contribution >= 4 is 50.5 Å². The van der Waals surface area contributed by atoms with Gasteiger partial charge in [-0.05, 0) is 61.9 Å². The second-order valence-corrected chi connectivity index (χ2v) is 10.5. The number of hydrogen-bond acceptors (Lipinski definition) is 4. The molecule has 0 atom stereocenters. The van der Waals surface area contributed by atoms with E-state index in [1.54, 1.807) is 41.3 Å². The molecule has 34 heavy (non-hydrogen) atoms. The Morgan fingerprint density at radius 3 is 2.44 bits per heavy atom. The molecule has 1 aliphatic rings. The molecule has 9 heteroatoms. The minimum Gasteiger partial charge on any atom is -0.322 e. The molecule has 1 heterocycles. The van der Waals surface area contributed by atoms with E-state index in [1.165, 1.54) is 29.6 Å². The number of aryl methyl sites for hydroxylation is 1. The van der Waals surface area contributed by atoms with E-state index < -0.39 is 15.9 Å². The van der Waals surface area contributed by atoms with Crippen LogP contribution in [-0.2, 0) is 14.8 Å². The molecular formula is C25H24ClN3O4S. The number of carbonyl (C=O) groups excluding carboxylic acids is 2. The summed E-state index contributed by atoms with van der Waals surface area (Å²) in [6.07, 6.45) is 1.28. The SMILES string of the molecule is Cc1ccc(N(C)S(=O)(=O)c2cccc(C(=O)Nc3ccc(N4CCCC4=O)c(Cl)c3)c2)cc1. The van der Waals surface area contributed by atoms with Gasteiger partial charge in [-0.1, -0.05) is 35.4 Å². The third kappa shape index (κ3) is 4.78. The lowest BCUT2D eigenvalue weighted by molar-refractivity contribution is -0.117. The number of halogens is 1. The fourth-order valence-electron chi connectivity index (χ4n) is 3.76. The van der Waals surface area contributed by atoms with Crippen molar-refractivity contribution in [2.24, 2.45) is 0 Å². The number of rotatable bonds is 6. The molecule has 4 rings (SSSR count).